The molecule has 14 heavy (non-hydrogen) atoms. The molecule has 1 N–H and O–H groups in total. The van der Waals surface area contributed by atoms with Crippen LogP contribution in [0.4, 0.5) is 5.82 Å². The van der Waals surface area contributed by atoms with Crippen LogP contribution in [0.1, 0.15) is 12.7 Å². The fourth-order valence-corrected chi connectivity index (χ4v) is 0.982. The summed E-state index contributed by atoms with van der Waals surface area (Å²) in [5, 5.41) is 3.04. The van der Waals surface area contributed by atoms with Crippen LogP contribution in [0.2, 0.25) is 0 Å². The molecule has 0 aromatic carbocycles. The third kappa shape index (κ3) is 2.63. The number of rotatable bonds is 3. The molecule has 0 aliphatic carbocycles. The molecule has 0 saturated carbocycles. The Kier molecular flexibility index (Phi) is 3.29. The van der Waals surface area contributed by atoms with Crippen LogP contribution in [0.5, 0.6) is 5.88 Å². The number of aromatic nitrogens is 2. The van der Waals surface area contributed by atoms with Gasteiger partial charge in [-0.3, -0.25) is 0 Å². The third-order valence-corrected chi connectivity index (χ3v) is 1.64. The molecule has 1 unspecified atom stereocenters. The summed E-state index contributed by atoms with van der Waals surface area (Å²) < 4.78 is 5.01. The van der Waals surface area contributed by atoms with Crippen LogP contribution in [0.25, 0.3) is 0 Å². The Morgan fingerprint density at radius 3 is 2.86 bits per heavy atom. The van der Waals surface area contributed by atoms with E-state index >= 15 is 0 Å². The molecule has 4 heteroatoms. The maximum absolute atomic E-state index is 5.24. The molecular formula is C10H13N3O. The van der Waals surface area contributed by atoms with Gasteiger partial charge in [0.2, 0.25) is 5.88 Å². The number of aryl methyl sites for hydroxylation is 1. The Labute approximate surface area is 83.7 Å². The molecule has 0 bridgehead atoms. The molecular weight excluding hydrogens is 178 g/mol. The average Bonchev–Trinajstić information content (AvgIpc) is 2.16. The van der Waals surface area contributed by atoms with Gasteiger partial charge in [-0.05, 0) is 13.8 Å². The van der Waals surface area contributed by atoms with Crippen LogP contribution in [-0.2, 0) is 0 Å². The Bertz CT molecular complexity index is 357. The van der Waals surface area contributed by atoms with Gasteiger partial charge in [-0.2, -0.15) is 4.98 Å². The molecule has 1 rings (SSSR count). The minimum Gasteiger partial charge on any atom is -0.481 e. The molecule has 0 fully saturated rings. The van der Waals surface area contributed by atoms with Crippen molar-refractivity contribution < 1.29 is 4.74 Å². The van der Waals surface area contributed by atoms with Gasteiger partial charge in [0, 0.05) is 6.07 Å². The molecule has 0 spiro atoms. The zero-order valence-corrected chi connectivity index (χ0v) is 8.53. The number of nitrogens with one attached hydrogen (secondary N) is 1. The minimum atomic E-state index is -0.0611. The van der Waals surface area contributed by atoms with E-state index in [9.17, 15) is 0 Å². The second-order valence-electron chi connectivity index (χ2n) is 2.88. The van der Waals surface area contributed by atoms with E-state index in [1.165, 1.54) is 0 Å². The Balaban J connectivity index is 2.87. The van der Waals surface area contributed by atoms with Gasteiger partial charge in [0.25, 0.3) is 0 Å². The predicted octanol–water partition coefficient (Wildman–Crippen LogP) is 1.23. The highest BCUT2D eigenvalue weighted by Gasteiger charge is 2.03. The van der Waals surface area contributed by atoms with Crippen LogP contribution in [0, 0.1) is 19.3 Å². The van der Waals surface area contributed by atoms with E-state index in [4.69, 9.17) is 11.2 Å². The molecule has 0 aliphatic rings. The maximum Gasteiger partial charge on any atom is 0.218 e. The quantitative estimate of drug-likeness (QED) is 0.730. The van der Waals surface area contributed by atoms with Gasteiger partial charge in [-0.1, -0.05) is 5.92 Å². The molecule has 0 saturated heterocycles. The van der Waals surface area contributed by atoms with Gasteiger partial charge in [0.1, 0.15) is 11.6 Å². The summed E-state index contributed by atoms with van der Waals surface area (Å²) in [7, 11) is 1.57. The summed E-state index contributed by atoms with van der Waals surface area (Å²) in [5.74, 6) is 4.42. The van der Waals surface area contributed by atoms with Gasteiger partial charge >= 0.3 is 0 Å². The van der Waals surface area contributed by atoms with Crippen LogP contribution in [0.15, 0.2) is 6.07 Å². The lowest BCUT2D eigenvalue weighted by molar-refractivity contribution is 0.396. The summed E-state index contributed by atoms with van der Waals surface area (Å²) in [6.45, 7) is 3.68. The Morgan fingerprint density at radius 1 is 1.57 bits per heavy atom. The lowest BCUT2D eigenvalue weighted by Gasteiger charge is -2.09. The van der Waals surface area contributed by atoms with Gasteiger partial charge < -0.3 is 10.1 Å². The Morgan fingerprint density at radius 2 is 2.29 bits per heavy atom. The lowest BCUT2D eigenvalue weighted by atomic mass is 10.3. The highest BCUT2D eigenvalue weighted by molar-refractivity contribution is 5.40. The topological polar surface area (TPSA) is 47.0 Å². The molecule has 0 aliphatic heterocycles. The first kappa shape index (κ1) is 10.3. The molecule has 74 valence electrons. The number of methoxy groups -OCH3 is 1. The van der Waals surface area contributed by atoms with Crippen molar-refractivity contribution in [2.75, 3.05) is 12.4 Å². The first-order chi connectivity index (χ1) is 6.65. The van der Waals surface area contributed by atoms with Crippen molar-refractivity contribution in [2.45, 2.75) is 19.9 Å². The van der Waals surface area contributed by atoms with E-state index in [1.807, 2.05) is 6.92 Å². The van der Waals surface area contributed by atoms with E-state index in [0.29, 0.717) is 17.5 Å². The van der Waals surface area contributed by atoms with E-state index in [-0.39, 0.29) is 6.04 Å². The van der Waals surface area contributed by atoms with Crippen molar-refractivity contribution in [3.63, 3.8) is 0 Å². The smallest absolute Gasteiger partial charge is 0.218 e. The minimum absolute atomic E-state index is 0.0611. The first-order valence-electron chi connectivity index (χ1n) is 4.28. The average molecular weight is 191 g/mol. The van der Waals surface area contributed by atoms with Crippen molar-refractivity contribution in [3.05, 3.63) is 11.9 Å². The zero-order valence-electron chi connectivity index (χ0n) is 8.53. The predicted molar refractivity (Wildman–Crippen MR) is 55.2 cm³/mol. The second kappa shape index (κ2) is 4.47. The van der Waals surface area contributed by atoms with Crippen molar-refractivity contribution >= 4 is 5.82 Å². The van der Waals surface area contributed by atoms with Crippen LogP contribution < -0.4 is 10.1 Å². The van der Waals surface area contributed by atoms with Crippen LogP contribution in [0.3, 0.4) is 0 Å². The zero-order chi connectivity index (χ0) is 10.6. The fraction of sp³-hybridized carbons (Fsp3) is 0.400. The van der Waals surface area contributed by atoms with E-state index in [1.54, 1.807) is 20.1 Å². The molecule has 1 aromatic heterocycles. The number of hydrogen-bond acceptors (Lipinski definition) is 4. The molecule has 0 radical (unpaired) electrons. The highest BCUT2D eigenvalue weighted by atomic mass is 16.5. The van der Waals surface area contributed by atoms with Crippen LogP contribution >= 0.6 is 0 Å². The van der Waals surface area contributed by atoms with Crippen molar-refractivity contribution in [1.29, 1.82) is 0 Å². The standard InChI is InChI=1S/C10H13N3O/c1-5-7(2)11-9-6-10(14-4)13-8(3)12-9/h1,6-7H,2-4H3,(H,11,12,13). The van der Waals surface area contributed by atoms with Gasteiger partial charge in [0.05, 0.1) is 13.2 Å². The lowest BCUT2D eigenvalue weighted by Crippen LogP contribution is -2.13. The summed E-state index contributed by atoms with van der Waals surface area (Å²) in [6, 6.07) is 1.65. The number of terminal acetylenes is 1. The second-order valence-corrected chi connectivity index (χ2v) is 2.88. The molecule has 1 atom stereocenters. The molecule has 0 amide bonds. The van der Waals surface area contributed by atoms with Crippen molar-refractivity contribution in [2.24, 2.45) is 0 Å². The number of anilines is 1. The van der Waals surface area contributed by atoms with Crippen LogP contribution in [-0.4, -0.2) is 23.1 Å². The monoisotopic (exact) mass is 191 g/mol. The van der Waals surface area contributed by atoms with E-state index < -0.39 is 0 Å². The van der Waals surface area contributed by atoms with E-state index in [0.717, 1.165) is 0 Å². The molecule has 1 heterocycles. The van der Waals surface area contributed by atoms with Crippen molar-refractivity contribution in [1.82, 2.24) is 9.97 Å². The third-order valence-electron chi connectivity index (χ3n) is 1.64. The summed E-state index contributed by atoms with van der Waals surface area (Å²) >= 11 is 0. The fourth-order valence-electron chi connectivity index (χ4n) is 0.982. The maximum atomic E-state index is 5.24. The first-order valence-corrected chi connectivity index (χ1v) is 4.28. The molecule has 4 nitrogen and oxygen atoms in total. The Hall–Kier alpha value is -1.76. The van der Waals surface area contributed by atoms with E-state index in [2.05, 4.69) is 21.2 Å². The molecule has 1 aromatic rings. The van der Waals surface area contributed by atoms with Gasteiger partial charge in [-0.15, -0.1) is 6.42 Å². The summed E-state index contributed by atoms with van der Waals surface area (Å²) in [4.78, 5) is 8.23. The van der Waals surface area contributed by atoms with Gasteiger partial charge in [-0.25, -0.2) is 4.98 Å². The van der Waals surface area contributed by atoms with Crippen molar-refractivity contribution in [3.8, 4) is 18.2 Å². The summed E-state index contributed by atoms with van der Waals surface area (Å²) in [6.07, 6.45) is 5.24. The summed E-state index contributed by atoms with van der Waals surface area (Å²) in [5.41, 5.74) is 0. The number of ether oxygens (including phenoxy) is 1. The highest BCUT2D eigenvalue weighted by Crippen LogP contribution is 2.13. The largest absolute Gasteiger partial charge is 0.481 e. The normalized spacial score (nSPS) is 11.6. The van der Waals surface area contributed by atoms with Gasteiger partial charge in [0.15, 0.2) is 0 Å². The SMILES string of the molecule is C#CC(C)Nc1cc(OC)nc(C)n1. The number of nitrogens with zero attached hydrogens (tertiary/aromatic N) is 2. The number of hydrogen-bond donors (Lipinski definition) is 1.